The number of nitrogens with two attached hydrogens (primary N) is 1. The molecule has 1 unspecified atom stereocenters. The summed E-state index contributed by atoms with van der Waals surface area (Å²) in [6.45, 7) is 5.31. The van der Waals surface area contributed by atoms with E-state index in [2.05, 4.69) is 16.9 Å². The largest absolute Gasteiger partial charge is 0.366 e. The Hall–Kier alpha value is -1.95. The van der Waals surface area contributed by atoms with Crippen molar-refractivity contribution in [3.05, 3.63) is 29.7 Å². The molecule has 22 heavy (non-hydrogen) atoms. The van der Waals surface area contributed by atoms with Gasteiger partial charge in [-0.2, -0.15) is 5.10 Å². The van der Waals surface area contributed by atoms with Gasteiger partial charge in [0.05, 0.1) is 11.6 Å². The maximum Gasteiger partial charge on any atom is 0.251 e. The summed E-state index contributed by atoms with van der Waals surface area (Å²) in [6, 6.07) is 2.82. The van der Waals surface area contributed by atoms with Gasteiger partial charge in [-0.3, -0.25) is 9.48 Å². The molecule has 0 radical (unpaired) electrons. The number of rotatable bonds is 4. The maximum atomic E-state index is 13.6. The Labute approximate surface area is 128 Å². The van der Waals surface area contributed by atoms with Crippen molar-refractivity contribution in [2.45, 2.75) is 32.2 Å². The number of amides is 1. The SMILES string of the molecule is CCCN1CCCC(n2cc3cc(F)cc(C(N)=O)c3n2)C1. The van der Waals surface area contributed by atoms with Crippen LogP contribution in [0.2, 0.25) is 0 Å². The number of likely N-dealkylation sites (tertiary alicyclic amines) is 1. The number of hydrogen-bond acceptors (Lipinski definition) is 3. The lowest BCUT2D eigenvalue weighted by Gasteiger charge is -2.32. The van der Waals surface area contributed by atoms with Crippen molar-refractivity contribution in [3.8, 4) is 0 Å². The van der Waals surface area contributed by atoms with Gasteiger partial charge in [0.2, 0.25) is 0 Å². The molecule has 1 aromatic heterocycles. The third-order valence-corrected chi connectivity index (χ3v) is 4.25. The molecular formula is C16H21FN4O. The van der Waals surface area contributed by atoms with Crippen molar-refractivity contribution < 1.29 is 9.18 Å². The highest BCUT2D eigenvalue weighted by atomic mass is 19.1. The minimum absolute atomic E-state index is 0.148. The Morgan fingerprint density at radius 3 is 3.05 bits per heavy atom. The van der Waals surface area contributed by atoms with Gasteiger partial charge in [-0.05, 0) is 44.5 Å². The fourth-order valence-corrected chi connectivity index (χ4v) is 3.26. The van der Waals surface area contributed by atoms with Crippen molar-refractivity contribution in [3.63, 3.8) is 0 Å². The van der Waals surface area contributed by atoms with Crippen LogP contribution in [-0.2, 0) is 0 Å². The summed E-state index contributed by atoms with van der Waals surface area (Å²) in [7, 11) is 0. The summed E-state index contributed by atoms with van der Waals surface area (Å²) in [5, 5.41) is 5.14. The monoisotopic (exact) mass is 304 g/mol. The molecule has 2 aromatic rings. The van der Waals surface area contributed by atoms with Crippen LogP contribution in [0.25, 0.3) is 10.9 Å². The maximum absolute atomic E-state index is 13.6. The summed E-state index contributed by atoms with van der Waals surface area (Å²) in [4.78, 5) is 13.9. The van der Waals surface area contributed by atoms with E-state index in [4.69, 9.17) is 5.73 Å². The lowest BCUT2D eigenvalue weighted by Crippen LogP contribution is -2.37. The predicted molar refractivity (Wildman–Crippen MR) is 83.2 cm³/mol. The van der Waals surface area contributed by atoms with E-state index >= 15 is 0 Å². The molecular weight excluding hydrogens is 283 g/mol. The molecule has 2 heterocycles. The van der Waals surface area contributed by atoms with Crippen molar-refractivity contribution in [1.29, 1.82) is 0 Å². The fraction of sp³-hybridized carbons (Fsp3) is 0.500. The van der Waals surface area contributed by atoms with E-state index in [1.807, 2.05) is 10.9 Å². The number of aromatic nitrogens is 2. The molecule has 0 spiro atoms. The lowest BCUT2D eigenvalue weighted by molar-refractivity contribution is 0.100. The second-order valence-electron chi connectivity index (χ2n) is 5.96. The number of hydrogen-bond donors (Lipinski definition) is 1. The van der Waals surface area contributed by atoms with Crippen LogP contribution in [0, 0.1) is 5.82 Å². The number of carbonyl (C=O) groups is 1. The Morgan fingerprint density at radius 2 is 2.32 bits per heavy atom. The molecule has 1 aliphatic heterocycles. The standard InChI is InChI=1S/C16H21FN4O/c1-2-5-20-6-3-4-13(10-20)21-9-11-7-12(17)8-14(16(18)22)15(11)19-21/h7-9,13H,2-6,10H2,1H3,(H2,18,22). The van der Waals surface area contributed by atoms with Gasteiger partial charge in [0.25, 0.3) is 5.91 Å². The summed E-state index contributed by atoms with van der Waals surface area (Å²) in [5.41, 5.74) is 5.97. The van der Waals surface area contributed by atoms with E-state index in [-0.39, 0.29) is 11.6 Å². The van der Waals surface area contributed by atoms with Gasteiger partial charge < -0.3 is 10.6 Å². The quantitative estimate of drug-likeness (QED) is 0.943. The summed E-state index contributed by atoms with van der Waals surface area (Å²) in [6.07, 6.45) is 5.12. The molecule has 3 rings (SSSR count). The molecule has 0 aliphatic carbocycles. The normalized spacial score (nSPS) is 19.6. The number of piperidine rings is 1. The number of halogens is 1. The van der Waals surface area contributed by atoms with E-state index in [9.17, 15) is 9.18 Å². The molecule has 1 fully saturated rings. The van der Waals surface area contributed by atoms with Crippen molar-refractivity contribution in [1.82, 2.24) is 14.7 Å². The van der Waals surface area contributed by atoms with Crippen molar-refractivity contribution >= 4 is 16.8 Å². The summed E-state index contributed by atoms with van der Waals surface area (Å²) >= 11 is 0. The van der Waals surface area contributed by atoms with Crippen LogP contribution in [0.15, 0.2) is 18.3 Å². The van der Waals surface area contributed by atoms with Crippen molar-refractivity contribution in [2.24, 2.45) is 5.73 Å². The van der Waals surface area contributed by atoms with E-state index < -0.39 is 11.7 Å². The minimum Gasteiger partial charge on any atom is -0.366 e. The Bertz CT molecular complexity index is 695. The third kappa shape index (κ3) is 2.83. The van der Waals surface area contributed by atoms with Crippen LogP contribution in [0.4, 0.5) is 4.39 Å². The van der Waals surface area contributed by atoms with Crippen LogP contribution >= 0.6 is 0 Å². The van der Waals surface area contributed by atoms with Crippen LogP contribution in [0.3, 0.4) is 0 Å². The molecule has 6 heteroatoms. The van der Waals surface area contributed by atoms with Gasteiger partial charge in [-0.15, -0.1) is 0 Å². The first-order valence-electron chi connectivity index (χ1n) is 7.79. The van der Waals surface area contributed by atoms with Gasteiger partial charge in [-0.25, -0.2) is 4.39 Å². The third-order valence-electron chi connectivity index (χ3n) is 4.25. The van der Waals surface area contributed by atoms with E-state index in [1.165, 1.54) is 6.07 Å². The molecule has 1 saturated heterocycles. The lowest BCUT2D eigenvalue weighted by atomic mass is 10.1. The molecule has 2 N–H and O–H groups in total. The Morgan fingerprint density at radius 1 is 1.50 bits per heavy atom. The molecule has 1 atom stereocenters. The predicted octanol–water partition coefficient (Wildman–Crippen LogP) is 2.32. The average molecular weight is 304 g/mol. The molecule has 5 nitrogen and oxygen atoms in total. The number of nitrogens with zero attached hydrogens (tertiary/aromatic N) is 3. The molecule has 1 aliphatic rings. The van der Waals surface area contributed by atoms with Crippen molar-refractivity contribution in [2.75, 3.05) is 19.6 Å². The van der Waals surface area contributed by atoms with Crippen LogP contribution in [0.5, 0.6) is 0 Å². The number of fused-ring (bicyclic) bond motifs is 1. The van der Waals surface area contributed by atoms with E-state index in [1.54, 1.807) is 0 Å². The molecule has 118 valence electrons. The van der Waals surface area contributed by atoms with Gasteiger partial charge >= 0.3 is 0 Å². The van der Waals surface area contributed by atoms with Gasteiger partial charge in [-0.1, -0.05) is 6.92 Å². The van der Waals surface area contributed by atoms with Gasteiger partial charge in [0, 0.05) is 18.1 Å². The Kier molecular flexibility index (Phi) is 4.11. The highest BCUT2D eigenvalue weighted by molar-refractivity contribution is 6.04. The summed E-state index contributed by atoms with van der Waals surface area (Å²) in [5.74, 6) is -1.11. The van der Waals surface area contributed by atoms with Gasteiger partial charge in [0.15, 0.2) is 0 Å². The number of primary amides is 1. The molecule has 1 aromatic carbocycles. The van der Waals surface area contributed by atoms with Crippen LogP contribution < -0.4 is 5.73 Å². The Balaban J connectivity index is 1.95. The average Bonchev–Trinajstić information content (AvgIpc) is 2.90. The number of carbonyl (C=O) groups excluding carboxylic acids is 1. The smallest absolute Gasteiger partial charge is 0.251 e. The highest BCUT2D eigenvalue weighted by Crippen LogP contribution is 2.25. The fourth-order valence-electron chi connectivity index (χ4n) is 3.26. The zero-order valence-corrected chi connectivity index (χ0v) is 12.8. The zero-order chi connectivity index (χ0) is 15.7. The number of benzene rings is 1. The first-order chi connectivity index (χ1) is 10.6. The van der Waals surface area contributed by atoms with Gasteiger partial charge in [0.1, 0.15) is 11.3 Å². The molecule has 0 saturated carbocycles. The minimum atomic E-state index is -0.647. The first kappa shape index (κ1) is 15.0. The summed E-state index contributed by atoms with van der Waals surface area (Å²) < 4.78 is 15.5. The van der Waals surface area contributed by atoms with Crippen LogP contribution in [-0.4, -0.2) is 40.2 Å². The zero-order valence-electron chi connectivity index (χ0n) is 12.8. The van der Waals surface area contributed by atoms with Crippen LogP contribution in [0.1, 0.15) is 42.6 Å². The van der Waals surface area contributed by atoms with E-state index in [0.29, 0.717) is 10.9 Å². The second kappa shape index (κ2) is 6.04. The first-order valence-corrected chi connectivity index (χ1v) is 7.79. The molecule has 0 bridgehead atoms. The topological polar surface area (TPSA) is 64.2 Å². The van der Waals surface area contributed by atoms with E-state index in [0.717, 1.165) is 45.0 Å². The highest BCUT2D eigenvalue weighted by Gasteiger charge is 2.22. The molecule has 1 amide bonds. The second-order valence-corrected chi connectivity index (χ2v) is 5.96.